The lowest BCUT2D eigenvalue weighted by Crippen LogP contribution is -2.33. The Bertz CT molecular complexity index is 422. The van der Waals surface area contributed by atoms with Gasteiger partial charge in [0.15, 0.2) is 5.76 Å². The summed E-state index contributed by atoms with van der Waals surface area (Å²) in [6.07, 6.45) is 2.41. The van der Waals surface area contributed by atoms with Gasteiger partial charge in [-0.05, 0) is 30.4 Å². The first-order valence-corrected chi connectivity index (χ1v) is 7.01. The van der Waals surface area contributed by atoms with Gasteiger partial charge in [-0.15, -0.1) is 0 Å². The molecule has 0 saturated carbocycles. The predicted molar refractivity (Wildman–Crippen MR) is 78.7 cm³/mol. The Kier molecular flexibility index (Phi) is 6.84. The SMILES string of the molecule is CC(C)CCN=C(NC(=O)c1ccco1)OCC(C)C. The van der Waals surface area contributed by atoms with Crippen LogP contribution >= 0.6 is 0 Å². The summed E-state index contributed by atoms with van der Waals surface area (Å²) in [7, 11) is 0. The highest BCUT2D eigenvalue weighted by Gasteiger charge is 2.12. The molecule has 0 aromatic carbocycles. The molecule has 0 radical (unpaired) electrons. The molecule has 1 heterocycles. The van der Waals surface area contributed by atoms with E-state index in [2.05, 4.69) is 24.2 Å². The first-order chi connectivity index (χ1) is 9.49. The number of hydrogen-bond acceptors (Lipinski definition) is 4. The number of aliphatic imine (C=N–C) groups is 1. The Balaban J connectivity index is 2.59. The third kappa shape index (κ3) is 6.41. The van der Waals surface area contributed by atoms with E-state index in [9.17, 15) is 4.79 Å². The van der Waals surface area contributed by atoms with E-state index in [-0.39, 0.29) is 17.7 Å². The highest BCUT2D eigenvalue weighted by molar-refractivity contribution is 6.02. The van der Waals surface area contributed by atoms with Crippen molar-refractivity contribution >= 4 is 11.9 Å². The van der Waals surface area contributed by atoms with E-state index in [4.69, 9.17) is 9.15 Å². The van der Waals surface area contributed by atoms with Crippen LogP contribution in [0.4, 0.5) is 0 Å². The van der Waals surface area contributed by atoms with E-state index >= 15 is 0 Å². The maximum absolute atomic E-state index is 11.9. The molecule has 0 saturated heterocycles. The van der Waals surface area contributed by atoms with Crippen LogP contribution in [0.15, 0.2) is 27.8 Å². The van der Waals surface area contributed by atoms with Gasteiger partial charge in [-0.25, -0.2) is 4.99 Å². The zero-order chi connectivity index (χ0) is 15.0. The second kappa shape index (κ2) is 8.40. The van der Waals surface area contributed by atoms with Crippen molar-refractivity contribution in [1.29, 1.82) is 0 Å². The molecule has 20 heavy (non-hydrogen) atoms. The topological polar surface area (TPSA) is 63.8 Å². The number of amides is 1. The van der Waals surface area contributed by atoms with Crippen molar-refractivity contribution in [1.82, 2.24) is 5.32 Å². The summed E-state index contributed by atoms with van der Waals surface area (Å²) in [5, 5.41) is 2.64. The van der Waals surface area contributed by atoms with Crippen molar-refractivity contribution in [2.75, 3.05) is 13.2 Å². The lowest BCUT2D eigenvalue weighted by molar-refractivity contribution is 0.0936. The predicted octanol–water partition coefficient (Wildman–Crippen LogP) is 3.08. The molecule has 0 fully saturated rings. The van der Waals surface area contributed by atoms with Gasteiger partial charge in [0, 0.05) is 6.54 Å². The number of amidine groups is 1. The minimum absolute atomic E-state index is 0.245. The van der Waals surface area contributed by atoms with Crippen molar-refractivity contribution in [3.05, 3.63) is 24.2 Å². The van der Waals surface area contributed by atoms with Crippen LogP contribution in [0.5, 0.6) is 0 Å². The molecular formula is C15H24N2O3. The average Bonchev–Trinajstić information content (AvgIpc) is 2.88. The fourth-order valence-electron chi connectivity index (χ4n) is 1.36. The lowest BCUT2D eigenvalue weighted by atomic mass is 10.1. The molecule has 1 amide bonds. The van der Waals surface area contributed by atoms with Crippen LogP contribution in [0.1, 0.15) is 44.7 Å². The van der Waals surface area contributed by atoms with Crippen LogP contribution < -0.4 is 5.32 Å². The zero-order valence-electron chi connectivity index (χ0n) is 12.7. The summed E-state index contributed by atoms with van der Waals surface area (Å²) < 4.78 is 10.6. The maximum atomic E-state index is 11.9. The minimum Gasteiger partial charge on any atom is -0.465 e. The van der Waals surface area contributed by atoms with Crippen LogP contribution in [0.25, 0.3) is 0 Å². The smallest absolute Gasteiger partial charge is 0.294 e. The fourth-order valence-corrected chi connectivity index (χ4v) is 1.36. The van der Waals surface area contributed by atoms with Gasteiger partial charge in [-0.1, -0.05) is 27.7 Å². The molecule has 0 aliphatic heterocycles. The molecular weight excluding hydrogens is 256 g/mol. The van der Waals surface area contributed by atoms with Crippen molar-refractivity contribution in [2.45, 2.75) is 34.1 Å². The van der Waals surface area contributed by atoms with E-state index in [1.54, 1.807) is 12.1 Å². The van der Waals surface area contributed by atoms with Gasteiger partial charge in [0.05, 0.1) is 12.9 Å². The molecule has 0 aliphatic rings. The second-order valence-electron chi connectivity index (χ2n) is 5.51. The molecule has 1 aromatic rings. The Morgan fingerprint density at radius 3 is 2.65 bits per heavy atom. The van der Waals surface area contributed by atoms with E-state index in [1.165, 1.54) is 6.26 Å². The first-order valence-electron chi connectivity index (χ1n) is 7.01. The summed E-state index contributed by atoms with van der Waals surface area (Å²) >= 11 is 0. The van der Waals surface area contributed by atoms with Crippen LogP contribution in [-0.2, 0) is 4.74 Å². The molecule has 0 spiro atoms. The second-order valence-corrected chi connectivity index (χ2v) is 5.51. The molecule has 1 rings (SSSR count). The highest BCUT2D eigenvalue weighted by atomic mass is 16.5. The lowest BCUT2D eigenvalue weighted by Gasteiger charge is -2.12. The Morgan fingerprint density at radius 1 is 1.35 bits per heavy atom. The Morgan fingerprint density at radius 2 is 2.10 bits per heavy atom. The van der Waals surface area contributed by atoms with Gasteiger partial charge < -0.3 is 9.15 Å². The third-order valence-electron chi connectivity index (χ3n) is 2.48. The van der Waals surface area contributed by atoms with Gasteiger partial charge in [0.1, 0.15) is 0 Å². The Labute approximate surface area is 120 Å². The van der Waals surface area contributed by atoms with Crippen molar-refractivity contribution in [2.24, 2.45) is 16.8 Å². The van der Waals surface area contributed by atoms with Gasteiger partial charge in [0.25, 0.3) is 11.9 Å². The minimum atomic E-state index is -0.345. The van der Waals surface area contributed by atoms with Crippen LogP contribution in [-0.4, -0.2) is 25.1 Å². The first kappa shape index (κ1) is 16.3. The van der Waals surface area contributed by atoms with Gasteiger partial charge in [0.2, 0.25) is 0 Å². The number of hydrogen-bond donors (Lipinski definition) is 1. The standard InChI is InChI=1S/C15H24N2O3/c1-11(2)7-8-16-15(20-10-12(3)4)17-14(18)13-6-5-9-19-13/h5-6,9,11-12H,7-8,10H2,1-4H3,(H,16,17,18). The third-order valence-corrected chi connectivity index (χ3v) is 2.48. The number of carbonyl (C=O) groups is 1. The van der Waals surface area contributed by atoms with Gasteiger partial charge in [-0.2, -0.15) is 0 Å². The number of nitrogens with zero attached hydrogens (tertiary/aromatic N) is 1. The molecule has 5 nitrogen and oxygen atoms in total. The summed E-state index contributed by atoms with van der Waals surface area (Å²) in [5.74, 6) is 0.827. The molecule has 0 atom stereocenters. The van der Waals surface area contributed by atoms with Crippen LogP contribution in [0.3, 0.4) is 0 Å². The van der Waals surface area contributed by atoms with E-state index < -0.39 is 0 Å². The van der Waals surface area contributed by atoms with E-state index in [0.29, 0.717) is 25.0 Å². The van der Waals surface area contributed by atoms with Crippen molar-refractivity contribution < 1.29 is 13.9 Å². The normalized spacial score (nSPS) is 12.0. The quantitative estimate of drug-likeness (QED) is 0.643. The highest BCUT2D eigenvalue weighted by Crippen LogP contribution is 2.02. The van der Waals surface area contributed by atoms with E-state index in [1.807, 2.05) is 13.8 Å². The Hall–Kier alpha value is -1.78. The van der Waals surface area contributed by atoms with Gasteiger partial charge >= 0.3 is 0 Å². The van der Waals surface area contributed by atoms with Crippen LogP contribution in [0.2, 0.25) is 0 Å². The number of rotatable bonds is 6. The monoisotopic (exact) mass is 280 g/mol. The van der Waals surface area contributed by atoms with Crippen molar-refractivity contribution in [3.8, 4) is 0 Å². The molecule has 0 unspecified atom stereocenters. The molecule has 0 bridgehead atoms. The van der Waals surface area contributed by atoms with Crippen molar-refractivity contribution in [3.63, 3.8) is 0 Å². The summed E-state index contributed by atoms with van der Waals surface area (Å²) in [4.78, 5) is 16.2. The number of furan rings is 1. The van der Waals surface area contributed by atoms with E-state index in [0.717, 1.165) is 6.42 Å². The molecule has 0 aliphatic carbocycles. The molecule has 112 valence electrons. The summed E-state index contributed by atoms with van der Waals surface area (Å²) in [6.45, 7) is 9.49. The maximum Gasteiger partial charge on any atom is 0.294 e. The fraction of sp³-hybridized carbons (Fsp3) is 0.600. The van der Waals surface area contributed by atoms with Crippen LogP contribution in [0, 0.1) is 11.8 Å². The average molecular weight is 280 g/mol. The number of nitrogens with one attached hydrogen (secondary N) is 1. The van der Waals surface area contributed by atoms with Gasteiger partial charge in [-0.3, -0.25) is 10.1 Å². The largest absolute Gasteiger partial charge is 0.465 e. The molecule has 1 N–H and O–H groups in total. The molecule has 1 aromatic heterocycles. The number of ether oxygens (including phenoxy) is 1. The summed E-state index contributed by atoms with van der Waals surface area (Å²) in [6, 6.07) is 3.53. The molecule has 5 heteroatoms. The zero-order valence-corrected chi connectivity index (χ0v) is 12.7. The number of carbonyl (C=O) groups excluding carboxylic acids is 1. The summed E-state index contributed by atoms with van der Waals surface area (Å²) in [5.41, 5.74) is 0.